The van der Waals surface area contributed by atoms with Crippen LogP contribution in [0, 0.1) is 0 Å². The summed E-state index contributed by atoms with van der Waals surface area (Å²) in [5.41, 5.74) is 0.699. The molecule has 27 heavy (non-hydrogen) atoms. The highest BCUT2D eigenvalue weighted by atomic mass is 32.2. The van der Waals surface area contributed by atoms with Crippen LogP contribution >= 0.6 is 0 Å². The molecule has 9 heteroatoms. The molecule has 1 amide bonds. The van der Waals surface area contributed by atoms with Crippen LogP contribution in [0.2, 0.25) is 0 Å². The molecule has 0 radical (unpaired) electrons. The molecule has 0 aromatic heterocycles. The number of benzene rings is 1. The average molecular weight is 397 g/mol. The van der Waals surface area contributed by atoms with E-state index in [1.807, 2.05) is 18.2 Å². The molecule has 1 saturated heterocycles. The van der Waals surface area contributed by atoms with Gasteiger partial charge in [0.2, 0.25) is 15.9 Å². The molecule has 0 unspecified atom stereocenters. The molecule has 2 N–H and O–H groups in total. The summed E-state index contributed by atoms with van der Waals surface area (Å²) in [7, 11) is -3.22. The third-order valence-electron chi connectivity index (χ3n) is 4.72. The number of anilines is 1. The fourth-order valence-corrected chi connectivity index (χ4v) is 4.35. The first-order chi connectivity index (χ1) is 12.8. The lowest BCUT2D eigenvalue weighted by atomic mass is 10.0. The molecule has 0 bridgehead atoms. The Balaban J connectivity index is 1.90. The van der Waals surface area contributed by atoms with Crippen molar-refractivity contribution in [1.29, 1.82) is 0 Å². The number of amides is 1. The van der Waals surface area contributed by atoms with Crippen molar-refractivity contribution in [2.75, 3.05) is 37.2 Å². The third kappa shape index (κ3) is 6.60. The maximum absolute atomic E-state index is 12.1. The maximum atomic E-state index is 12.1. The number of para-hydroxylation sites is 1. The quantitative estimate of drug-likeness (QED) is 0.649. The average Bonchev–Trinajstić information content (AvgIpc) is 2.66. The van der Waals surface area contributed by atoms with Gasteiger partial charge in [-0.15, -0.1) is 0 Å². The summed E-state index contributed by atoms with van der Waals surface area (Å²) in [5, 5.41) is 12.0. The minimum Gasteiger partial charge on any atom is -0.480 e. The molecule has 0 atom stereocenters. The van der Waals surface area contributed by atoms with Gasteiger partial charge in [0.05, 0.1) is 12.3 Å². The van der Waals surface area contributed by atoms with Crippen LogP contribution in [0.25, 0.3) is 0 Å². The highest BCUT2D eigenvalue weighted by molar-refractivity contribution is 7.89. The molecule has 2 rings (SSSR count). The second-order valence-electron chi connectivity index (χ2n) is 6.56. The first kappa shape index (κ1) is 21.3. The maximum Gasteiger partial charge on any atom is 0.317 e. The monoisotopic (exact) mass is 397 g/mol. The SMILES string of the molecule is CCS(=O)(=O)N1CCC(N(CCC(=O)Nc2ccccc2)CC(=O)O)CC1. The van der Waals surface area contributed by atoms with E-state index in [1.54, 1.807) is 24.0 Å². The van der Waals surface area contributed by atoms with Crippen molar-refractivity contribution in [3.8, 4) is 0 Å². The smallest absolute Gasteiger partial charge is 0.317 e. The van der Waals surface area contributed by atoms with E-state index in [9.17, 15) is 23.1 Å². The van der Waals surface area contributed by atoms with Crippen molar-refractivity contribution in [2.45, 2.75) is 32.2 Å². The Morgan fingerprint density at radius 1 is 1.22 bits per heavy atom. The number of sulfonamides is 1. The van der Waals surface area contributed by atoms with Gasteiger partial charge in [-0.25, -0.2) is 12.7 Å². The van der Waals surface area contributed by atoms with Crippen LogP contribution < -0.4 is 5.32 Å². The van der Waals surface area contributed by atoms with Crippen LogP contribution in [-0.4, -0.2) is 72.6 Å². The number of hydrogen-bond acceptors (Lipinski definition) is 5. The van der Waals surface area contributed by atoms with Gasteiger partial charge in [-0.1, -0.05) is 18.2 Å². The first-order valence-corrected chi connectivity index (χ1v) is 10.7. The van der Waals surface area contributed by atoms with E-state index in [0.717, 1.165) is 0 Å². The summed E-state index contributed by atoms with van der Waals surface area (Å²) in [4.78, 5) is 25.1. The van der Waals surface area contributed by atoms with Crippen molar-refractivity contribution in [3.05, 3.63) is 30.3 Å². The van der Waals surface area contributed by atoms with Gasteiger partial charge in [-0.05, 0) is 31.9 Å². The molecule has 0 aliphatic carbocycles. The van der Waals surface area contributed by atoms with Crippen molar-refractivity contribution in [2.24, 2.45) is 0 Å². The predicted octanol–water partition coefficient (Wildman–Crippen LogP) is 1.22. The predicted molar refractivity (Wildman–Crippen MR) is 103 cm³/mol. The van der Waals surface area contributed by atoms with E-state index < -0.39 is 16.0 Å². The lowest BCUT2D eigenvalue weighted by molar-refractivity contribution is -0.139. The number of carbonyl (C=O) groups excluding carboxylic acids is 1. The largest absolute Gasteiger partial charge is 0.480 e. The number of aliphatic carboxylic acids is 1. The molecular weight excluding hydrogens is 370 g/mol. The molecule has 150 valence electrons. The van der Waals surface area contributed by atoms with Gasteiger partial charge in [-0.3, -0.25) is 14.5 Å². The van der Waals surface area contributed by atoms with Crippen LogP contribution in [0.15, 0.2) is 30.3 Å². The van der Waals surface area contributed by atoms with Crippen LogP contribution in [0.3, 0.4) is 0 Å². The van der Waals surface area contributed by atoms with E-state index in [1.165, 1.54) is 4.31 Å². The fraction of sp³-hybridized carbons (Fsp3) is 0.556. The molecule has 0 spiro atoms. The zero-order valence-corrected chi connectivity index (χ0v) is 16.3. The molecule has 1 aliphatic rings. The topological polar surface area (TPSA) is 107 Å². The molecule has 1 aromatic carbocycles. The minimum absolute atomic E-state index is 0.0473. The number of rotatable bonds is 9. The summed E-state index contributed by atoms with van der Waals surface area (Å²) in [6.07, 6.45) is 1.30. The van der Waals surface area contributed by atoms with Gasteiger partial charge >= 0.3 is 5.97 Å². The summed E-state index contributed by atoms with van der Waals surface area (Å²) in [5.74, 6) is -1.07. The van der Waals surface area contributed by atoms with Gasteiger partial charge < -0.3 is 10.4 Å². The molecular formula is C18H27N3O5S. The van der Waals surface area contributed by atoms with Crippen molar-refractivity contribution in [1.82, 2.24) is 9.21 Å². The number of piperidine rings is 1. The molecule has 1 heterocycles. The van der Waals surface area contributed by atoms with Crippen molar-refractivity contribution >= 4 is 27.6 Å². The second kappa shape index (κ2) is 9.82. The zero-order valence-electron chi connectivity index (χ0n) is 15.5. The van der Waals surface area contributed by atoms with E-state index in [-0.39, 0.29) is 30.7 Å². The number of carbonyl (C=O) groups is 2. The van der Waals surface area contributed by atoms with Crippen LogP contribution in [0.1, 0.15) is 26.2 Å². The van der Waals surface area contributed by atoms with Crippen molar-refractivity contribution < 1.29 is 23.1 Å². The van der Waals surface area contributed by atoms with Gasteiger partial charge in [0.25, 0.3) is 0 Å². The highest BCUT2D eigenvalue weighted by Crippen LogP contribution is 2.19. The van der Waals surface area contributed by atoms with Gasteiger partial charge in [0, 0.05) is 37.8 Å². The summed E-state index contributed by atoms with van der Waals surface area (Å²) in [6, 6.07) is 9.03. The highest BCUT2D eigenvalue weighted by Gasteiger charge is 2.30. The normalized spacial score (nSPS) is 16.4. The molecule has 0 saturated carbocycles. The Labute approximate surface area is 160 Å². The Hall–Kier alpha value is -1.97. The van der Waals surface area contributed by atoms with Gasteiger partial charge in [0.1, 0.15) is 0 Å². The molecule has 1 fully saturated rings. The van der Waals surface area contributed by atoms with Crippen LogP contribution in [0.5, 0.6) is 0 Å². The number of nitrogens with one attached hydrogen (secondary N) is 1. The molecule has 1 aliphatic heterocycles. The van der Waals surface area contributed by atoms with E-state index in [4.69, 9.17) is 0 Å². The minimum atomic E-state index is -3.22. The lowest BCUT2D eigenvalue weighted by Gasteiger charge is -2.37. The third-order valence-corrected chi connectivity index (χ3v) is 6.60. The van der Waals surface area contributed by atoms with Gasteiger partial charge in [0.15, 0.2) is 0 Å². The molecule has 8 nitrogen and oxygen atoms in total. The fourth-order valence-electron chi connectivity index (χ4n) is 3.22. The van der Waals surface area contributed by atoms with Crippen molar-refractivity contribution in [3.63, 3.8) is 0 Å². The Bertz CT molecular complexity index is 731. The van der Waals surface area contributed by atoms with Crippen LogP contribution in [0.4, 0.5) is 5.69 Å². The number of hydrogen-bond donors (Lipinski definition) is 2. The van der Waals surface area contributed by atoms with Gasteiger partial charge in [-0.2, -0.15) is 0 Å². The van der Waals surface area contributed by atoms with E-state index in [0.29, 0.717) is 38.2 Å². The number of carboxylic acids is 1. The number of carboxylic acid groups (broad SMARTS) is 1. The zero-order chi connectivity index (χ0) is 19.9. The number of nitrogens with zero attached hydrogens (tertiary/aromatic N) is 2. The first-order valence-electron chi connectivity index (χ1n) is 9.10. The molecule has 1 aromatic rings. The standard InChI is InChI=1S/C18H27N3O5S/c1-2-27(25,26)21-12-8-16(9-13-21)20(14-18(23)24)11-10-17(22)19-15-6-4-3-5-7-15/h3-7,16H,2,8-14H2,1H3,(H,19,22)(H,23,24). The Morgan fingerprint density at radius 3 is 2.41 bits per heavy atom. The second-order valence-corrected chi connectivity index (χ2v) is 8.82. The summed E-state index contributed by atoms with van der Waals surface area (Å²) >= 11 is 0. The van der Waals surface area contributed by atoms with E-state index >= 15 is 0 Å². The summed E-state index contributed by atoms with van der Waals surface area (Å²) in [6.45, 7) is 2.53. The van der Waals surface area contributed by atoms with Crippen LogP contribution in [-0.2, 0) is 19.6 Å². The van der Waals surface area contributed by atoms with E-state index in [2.05, 4.69) is 5.32 Å². The summed E-state index contributed by atoms with van der Waals surface area (Å²) < 4.78 is 25.4. The Kier molecular flexibility index (Phi) is 7.76. The Morgan fingerprint density at radius 2 is 1.85 bits per heavy atom. The lowest BCUT2D eigenvalue weighted by Crippen LogP contribution is -2.49.